The number of hydrogen-bond acceptors (Lipinski definition) is 1. The molecule has 0 radical (unpaired) electrons. The van der Waals surface area contributed by atoms with Crippen LogP contribution in [0.25, 0.3) is 0 Å². The highest BCUT2D eigenvalue weighted by Crippen LogP contribution is 2.66. The Balaban J connectivity index is 2.26. The predicted octanol–water partition coefficient (Wildman–Crippen LogP) is 5.93. The van der Waals surface area contributed by atoms with E-state index in [1.165, 1.54) is 0 Å². The summed E-state index contributed by atoms with van der Waals surface area (Å²) >= 11 is 25.5. The van der Waals surface area contributed by atoms with Crippen molar-refractivity contribution >= 4 is 71.9 Å². The van der Waals surface area contributed by atoms with E-state index >= 15 is 0 Å². The highest BCUT2D eigenvalue weighted by molar-refractivity contribution is 9.12. The Bertz CT molecular complexity index is 528. The highest BCUT2D eigenvalue weighted by Gasteiger charge is 2.66. The van der Waals surface area contributed by atoms with Gasteiger partial charge in [0.05, 0.1) is 4.83 Å². The number of alkyl halides is 3. The van der Waals surface area contributed by atoms with Crippen LogP contribution in [0.3, 0.4) is 0 Å². The molecular weight excluding hydrogens is 450 g/mol. The van der Waals surface area contributed by atoms with Crippen molar-refractivity contribution in [2.75, 3.05) is 0 Å². The first-order chi connectivity index (χ1) is 9.10. The number of hydrogen-bond donors (Lipinski definition) is 0. The van der Waals surface area contributed by atoms with E-state index in [1.807, 2.05) is 26.0 Å². The molecule has 1 aromatic rings. The number of benzene rings is 1. The first-order valence-corrected chi connectivity index (χ1v) is 8.91. The van der Waals surface area contributed by atoms with Gasteiger partial charge in [0.2, 0.25) is 5.24 Å². The Labute approximate surface area is 150 Å². The molecule has 6 heteroatoms. The normalized spacial score (nSPS) is 28.6. The molecule has 1 saturated carbocycles. The molecule has 1 nitrogen and oxygen atoms in total. The Kier molecular flexibility index (Phi) is 4.90. The Hall–Kier alpha value is 0.720. The third-order valence-electron chi connectivity index (χ3n) is 4.05. The van der Waals surface area contributed by atoms with Gasteiger partial charge in [0.15, 0.2) is 0 Å². The molecule has 0 saturated heterocycles. The van der Waals surface area contributed by atoms with Crippen molar-refractivity contribution in [3.63, 3.8) is 0 Å². The maximum Gasteiger partial charge on any atom is 0.225 e. The minimum Gasteiger partial charge on any atom is -0.281 e. The fourth-order valence-electron chi connectivity index (χ4n) is 2.71. The van der Waals surface area contributed by atoms with E-state index in [2.05, 4.69) is 31.9 Å². The summed E-state index contributed by atoms with van der Waals surface area (Å²) in [5, 5.41) is 0.348. The molecule has 1 fully saturated rings. The van der Waals surface area contributed by atoms with E-state index in [1.54, 1.807) is 12.1 Å². The van der Waals surface area contributed by atoms with E-state index in [9.17, 15) is 4.79 Å². The minimum absolute atomic E-state index is 0.0695. The number of halogens is 5. The van der Waals surface area contributed by atoms with Crippen molar-refractivity contribution in [3.8, 4) is 0 Å². The molecule has 0 heterocycles. The quantitative estimate of drug-likeness (QED) is 0.400. The molecule has 4 atom stereocenters. The smallest absolute Gasteiger partial charge is 0.225 e. The molecule has 1 aliphatic carbocycles. The largest absolute Gasteiger partial charge is 0.281 e. The van der Waals surface area contributed by atoms with Gasteiger partial charge in [-0.3, -0.25) is 4.79 Å². The van der Waals surface area contributed by atoms with Crippen molar-refractivity contribution in [2.45, 2.75) is 22.5 Å². The van der Waals surface area contributed by atoms with Crippen molar-refractivity contribution in [3.05, 3.63) is 34.9 Å². The van der Waals surface area contributed by atoms with Crippen LogP contribution in [-0.4, -0.2) is 10.1 Å². The molecule has 2 unspecified atom stereocenters. The van der Waals surface area contributed by atoms with E-state index in [-0.39, 0.29) is 27.3 Å². The summed E-state index contributed by atoms with van der Waals surface area (Å²) in [6, 6.07) is 7.31. The lowest BCUT2D eigenvalue weighted by molar-refractivity contribution is -0.113. The van der Waals surface area contributed by atoms with Crippen LogP contribution in [0.4, 0.5) is 0 Å². The monoisotopic (exact) mass is 460 g/mol. The standard InChI is InChI=1S/C14H13Br2Cl3O/c1-13(2)9(10(13)12(18)20)11(15)14(16,19)7-3-5-8(17)6-4-7/h3-6,9-11H,1-2H3/t9-,10-,11?,14?/m1/s1. The summed E-state index contributed by atoms with van der Waals surface area (Å²) in [5.74, 6) is -0.114. The minimum atomic E-state index is -0.819. The molecule has 0 bridgehead atoms. The number of carbonyl (C=O) groups excluding carboxylic acids is 1. The highest BCUT2D eigenvalue weighted by atomic mass is 79.9. The molecule has 0 N–H and O–H groups in total. The van der Waals surface area contributed by atoms with Crippen molar-refractivity contribution in [2.24, 2.45) is 17.3 Å². The average Bonchev–Trinajstić information content (AvgIpc) is 2.91. The van der Waals surface area contributed by atoms with Gasteiger partial charge in [-0.05, 0) is 40.6 Å². The van der Waals surface area contributed by atoms with Gasteiger partial charge >= 0.3 is 0 Å². The maximum atomic E-state index is 11.5. The Morgan fingerprint density at radius 3 is 2.25 bits per heavy atom. The molecular formula is C14H13Br2Cl3O. The summed E-state index contributed by atoms with van der Waals surface area (Å²) in [7, 11) is 0. The molecule has 110 valence electrons. The fraction of sp³-hybridized carbons (Fsp3) is 0.500. The van der Waals surface area contributed by atoms with E-state index < -0.39 is 3.78 Å². The van der Waals surface area contributed by atoms with Crippen LogP contribution >= 0.6 is 66.7 Å². The van der Waals surface area contributed by atoms with Crippen LogP contribution in [0.15, 0.2) is 24.3 Å². The summed E-state index contributed by atoms with van der Waals surface area (Å²) in [6.45, 7) is 4.05. The zero-order chi connectivity index (χ0) is 15.3. The second kappa shape index (κ2) is 5.73. The van der Waals surface area contributed by atoms with E-state index in [0.717, 1.165) is 5.56 Å². The molecule has 20 heavy (non-hydrogen) atoms. The second-order valence-electron chi connectivity index (χ2n) is 5.66. The van der Waals surface area contributed by atoms with Crippen molar-refractivity contribution in [1.82, 2.24) is 0 Å². The third-order valence-corrected chi connectivity index (χ3v) is 8.07. The van der Waals surface area contributed by atoms with Gasteiger partial charge in [-0.15, -0.1) is 11.6 Å². The molecule has 0 amide bonds. The third kappa shape index (κ3) is 2.94. The summed E-state index contributed by atoms with van der Waals surface area (Å²) < 4.78 is -0.819. The second-order valence-corrected chi connectivity index (χ2v) is 9.76. The first-order valence-electron chi connectivity index (χ1n) is 6.07. The van der Waals surface area contributed by atoms with Crippen LogP contribution in [0.1, 0.15) is 19.4 Å². The Morgan fingerprint density at radius 1 is 1.35 bits per heavy atom. The van der Waals surface area contributed by atoms with Crippen molar-refractivity contribution in [1.29, 1.82) is 0 Å². The SMILES string of the molecule is CC1(C)[C@@H](C(=O)Cl)[C@@H]1C(Br)C(Cl)(Br)c1ccc(Cl)cc1. The Morgan fingerprint density at radius 2 is 1.85 bits per heavy atom. The number of carbonyl (C=O) groups is 1. The summed E-state index contributed by atoms with van der Waals surface area (Å²) in [5.41, 5.74) is 0.724. The van der Waals surface area contributed by atoms with Gasteiger partial charge in [-0.25, -0.2) is 0 Å². The van der Waals surface area contributed by atoms with Crippen LogP contribution in [0, 0.1) is 17.3 Å². The van der Waals surface area contributed by atoms with E-state index in [4.69, 9.17) is 34.8 Å². The van der Waals surface area contributed by atoms with Gasteiger partial charge in [0.25, 0.3) is 0 Å². The fourth-order valence-corrected chi connectivity index (χ4v) is 5.32. The molecule has 2 rings (SSSR count). The lowest BCUT2D eigenvalue weighted by Gasteiger charge is -2.28. The first kappa shape index (κ1) is 17.1. The van der Waals surface area contributed by atoms with Crippen LogP contribution < -0.4 is 0 Å². The van der Waals surface area contributed by atoms with Gasteiger partial charge in [-0.1, -0.05) is 69.4 Å². The van der Waals surface area contributed by atoms with Gasteiger partial charge in [0.1, 0.15) is 3.78 Å². The predicted molar refractivity (Wildman–Crippen MR) is 92.2 cm³/mol. The van der Waals surface area contributed by atoms with Gasteiger partial charge < -0.3 is 0 Å². The summed E-state index contributed by atoms with van der Waals surface area (Å²) in [4.78, 5) is 11.4. The lowest BCUT2D eigenvalue weighted by atomic mass is 10.0. The van der Waals surface area contributed by atoms with Crippen molar-refractivity contribution < 1.29 is 4.79 Å². The summed E-state index contributed by atoms with van der Waals surface area (Å²) in [6.07, 6.45) is 0. The zero-order valence-electron chi connectivity index (χ0n) is 10.8. The maximum absolute atomic E-state index is 11.5. The molecule has 1 aromatic carbocycles. The lowest BCUT2D eigenvalue weighted by Crippen LogP contribution is -2.27. The van der Waals surface area contributed by atoms with Crippen LogP contribution in [-0.2, 0) is 8.58 Å². The van der Waals surface area contributed by atoms with E-state index in [0.29, 0.717) is 5.02 Å². The van der Waals surface area contributed by atoms with Gasteiger partial charge in [0, 0.05) is 10.9 Å². The van der Waals surface area contributed by atoms with Gasteiger partial charge in [-0.2, -0.15) is 0 Å². The van der Waals surface area contributed by atoms with Crippen LogP contribution in [0.2, 0.25) is 5.02 Å². The topological polar surface area (TPSA) is 17.1 Å². The molecule has 0 spiro atoms. The molecule has 1 aliphatic rings. The van der Waals surface area contributed by atoms with Crippen LogP contribution in [0.5, 0.6) is 0 Å². The zero-order valence-corrected chi connectivity index (χ0v) is 16.3. The molecule has 0 aromatic heterocycles. The average molecular weight is 463 g/mol. The molecule has 0 aliphatic heterocycles. The number of rotatable bonds is 4.